The second-order valence-corrected chi connectivity index (χ2v) is 9.89. The van der Waals surface area contributed by atoms with E-state index in [9.17, 15) is 9.18 Å². The van der Waals surface area contributed by atoms with E-state index >= 15 is 0 Å². The molecule has 0 aliphatic carbocycles. The van der Waals surface area contributed by atoms with E-state index in [1.54, 1.807) is 36.0 Å². The van der Waals surface area contributed by atoms with Crippen LogP contribution in [0.4, 0.5) is 15.8 Å². The second-order valence-electron chi connectivity index (χ2n) is 9.89. The van der Waals surface area contributed by atoms with Gasteiger partial charge in [0, 0.05) is 67.3 Å². The van der Waals surface area contributed by atoms with Crippen molar-refractivity contribution in [2.45, 2.75) is 13.5 Å². The number of H-pyrrole nitrogens is 1. The molecule has 0 radical (unpaired) electrons. The summed E-state index contributed by atoms with van der Waals surface area (Å²) in [6.07, 6.45) is 7.18. The number of piperazine rings is 1. The Kier molecular flexibility index (Phi) is 5.51. The number of hydrogen-bond donors (Lipinski definition) is 3. The van der Waals surface area contributed by atoms with E-state index in [-0.39, 0.29) is 11.6 Å². The van der Waals surface area contributed by atoms with Crippen molar-refractivity contribution in [3.63, 3.8) is 0 Å². The van der Waals surface area contributed by atoms with Crippen molar-refractivity contribution >= 4 is 44.7 Å². The number of benzene rings is 2. The van der Waals surface area contributed by atoms with Crippen LogP contribution in [-0.4, -0.2) is 61.4 Å². The van der Waals surface area contributed by atoms with Crippen LogP contribution in [0.25, 0.3) is 27.5 Å². The van der Waals surface area contributed by atoms with E-state index in [0.717, 1.165) is 53.7 Å². The molecule has 0 unspecified atom stereocenters. The van der Waals surface area contributed by atoms with E-state index in [4.69, 9.17) is 5.10 Å². The Morgan fingerprint density at radius 2 is 1.97 bits per heavy atom. The molecular weight excluding hydrogens is 497 g/mol. The Morgan fingerprint density at radius 1 is 1.10 bits per heavy atom. The second kappa shape index (κ2) is 9.21. The lowest BCUT2D eigenvalue weighted by Crippen LogP contribution is -2.43. The fourth-order valence-electron chi connectivity index (χ4n) is 5.31. The molecule has 11 heteroatoms. The molecule has 0 bridgehead atoms. The van der Waals surface area contributed by atoms with E-state index in [0.29, 0.717) is 29.0 Å². The van der Waals surface area contributed by atoms with E-state index in [1.807, 2.05) is 29.1 Å². The first-order chi connectivity index (χ1) is 19.0. The van der Waals surface area contributed by atoms with Crippen LogP contribution >= 0.6 is 0 Å². The standard InChI is InChI=1S/C28H26FN9O/c1-17-13-37-15-20(11-23(29)27(37)32-17)33-28(39)21-3-5-25(36-8-6-30-7-9-36)22-16-38(35-26(21)22)14-18-2-4-24-19(10-18)12-31-34-24/h2-5,10-13,15-16,30H,6-9,14H2,1H3,(H,31,34)(H,33,39). The molecule has 2 aromatic carbocycles. The molecule has 10 nitrogen and oxygen atoms in total. The number of halogens is 1. The summed E-state index contributed by atoms with van der Waals surface area (Å²) in [6.45, 7) is 5.86. The molecule has 196 valence electrons. The SMILES string of the molecule is Cc1cn2cc(NC(=O)c3ccc(N4CCNCC4)c4cn(Cc5ccc6[nH]ncc6c5)nc34)cc(F)c2n1. The first-order valence-corrected chi connectivity index (χ1v) is 12.9. The highest BCUT2D eigenvalue weighted by molar-refractivity contribution is 6.14. The number of fused-ring (bicyclic) bond motifs is 3. The highest BCUT2D eigenvalue weighted by atomic mass is 19.1. The van der Waals surface area contributed by atoms with Crippen LogP contribution in [0.5, 0.6) is 0 Å². The van der Waals surface area contributed by atoms with Crippen molar-refractivity contribution in [3.8, 4) is 0 Å². The van der Waals surface area contributed by atoms with Crippen molar-refractivity contribution in [2.24, 2.45) is 0 Å². The highest BCUT2D eigenvalue weighted by Crippen LogP contribution is 2.30. The first-order valence-electron chi connectivity index (χ1n) is 12.9. The van der Waals surface area contributed by atoms with Gasteiger partial charge in [0.1, 0.15) is 5.52 Å². The van der Waals surface area contributed by atoms with E-state index in [2.05, 4.69) is 36.8 Å². The van der Waals surface area contributed by atoms with Gasteiger partial charge in [0.25, 0.3) is 5.91 Å². The lowest BCUT2D eigenvalue weighted by molar-refractivity contribution is 0.102. The number of nitrogens with one attached hydrogen (secondary N) is 3. The number of imidazole rings is 1. The molecule has 1 fully saturated rings. The molecule has 0 saturated carbocycles. The molecule has 6 aromatic rings. The summed E-state index contributed by atoms with van der Waals surface area (Å²) >= 11 is 0. The van der Waals surface area contributed by atoms with Crippen molar-refractivity contribution in [3.05, 3.63) is 83.8 Å². The van der Waals surface area contributed by atoms with Gasteiger partial charge in [0.05, 0.1) is 35.2 Å². The molecule has 1 saturated heterocycles. The summed E-state index contributed by atoms with van der Waals surface area (Å²) in [4.78, 5) is 20.0. The number of carbonyl (C=O) groups is 1. The topological polar surface area (TPSA) is 108 Å². The fraction of sp³-hybridized carbons (Fsp3) is 0.214. The maximum atomic E-state index is 14.6. The van der Waals surface area contributed by atoms with Crippen molar-refractivity contribution in [1.29, 1.82) is 0 Å². The Morgan fingerprint density at radius 3 is 2.85 bits per heavy atom. The number of hydrogen-bond acceptors (Lipinski definition) is 6. The zero-order valence-corrected chi connectivity index (χ0v) is 21.3. The number of aryl methyl sites for hydroxylation is 1. The molecule has 4 aromatic heterocycles. The molecular formula is C28H26FN9O. The molecule has 7 rings (SSSR count). The Labute approximate surface area is 222 Å². The third-order valence-corrected chi connectivity index (χ3v) is 7.14. The quantitative estimate of drug-likeness (QED) is 0.318. The van der Waals surface area contributed by atoms with Gasteiger partial charge >= 0.3 is 0 Å². The van der Waals surface area contributed by atoms with Crippen LogP contribution in [0.15, 0.2) is 61.2 Å². The van der Waals surface area contributed by atoms with Crippen LogP contribution in [0.1, 0.15) is 21.6 Å². The number of aromatic nitrogens is 6. The number of rotatable bonds is 5. The molecule has 39 heavy (non-hydrogen) atoms. The van der Waals surface area contributed by atoms with Gasteiger partial charge in [-0.2, -0.15) is 10.2 Å². The van der Waals surface area contributed by atoms with E-state index < -0.39 is 5.82 Å². The fourth-order valence-corrected chi connectivity index (χ4v) is 5.31. The summed E-state index contributed by atoms with van der Waals surface area (Å²) in [6, 6.07) is 11.2. The molecule has 1 aliphatic rings. The number of aromatic amines is 1. The third-order valence-electron chi connectivity index (χ3n) is 7.14. The number of carbonyl (C=O) groups excluding carboxylic acids is 1. The van der Waals surface area contributed by atoms with Gasteiger partial charge in [-0.25, -0.2) is 9.37 Å². The normalized spacial score (nSPS) is 14.1. The van der Waals surface area contributed by atoms with Crippen LogP contribution < -0.4 is 15.5 Å². The molecule has 3 N–H and O–H groups in total. The largest absolute Gasteiger partial charge is 0.368 e. The van der Waals surface area contributed by atoms with Gasteiger partial charge in [0.2, 0.25) is 0 Å². The molecule has 0 spiro atoms. The van der Waals surface area contributed by atoms with Crippen molar-refractivity contribution in [1.82, 2.24) is 34.7 Å². The van der Waals surface area contributed by atoms with Gasteiger partial charge in [-0.3, -0.25) is 14.6 Å². The van der Waals surface area contributed by atoms with Crippen LogP contribution in [0.3, 0.4) is 0 Å². The number of nitrogens with zero attached hydrogens (tertiary/aromatic N) is 6. The molecule has 5 heterocycles. The van der Waals surface area contributed by atoms with Gasteiger partial charge < -0.3 is 19.9 Å². The molecule has 0 atom stereocenters. The van der Waals surface area contributed by atoms with Gasteiger partial charge in [-0.1, -0.05) is 6.07 Å². The smallest absolute Gasteiger partial charge is 0.257 e. The minimum absolute atomic E-state index is 0.223. The minimum atomic E-state index is -0.501. The van der Waals surface area contributed by atoms with Gasteiger partial charge in [0.15, 0.2) is 11.5 Å². The predicted molar refractivity (Wildman–Crippen MR) is 148 cm³/mol. The van der Waals surface area contributed by atoms with Crippen LogP contribution in [0, 0.1) is 12.7 Å². The zero-order valence-electron chi connectivity index (χ0n) is 21.3. The van der Waals surface area contributed by atoms with E-state index in [1.165, 1.54) is 6.07 Å². The summed E-state index contributed by atoms with van der Waals surface area (Å²) < 4.78 is 18.1. The maximum Gasteiger partial charge on any atom is 0.257 e. The zero-order chi connectivity index (χ0) is 26.5. The number of pyridine rings is 1. The van der Waals surface area contributed by atoms with Gasteiger partial charge in [-0.05, 0) is 36.8 Å². The minimum Gasteiger partial charge on any atom is -0.368 e. The molecule has 1 amide bonds. The van der Waals surface area contributed by atoms with Crippen molar-refractivity contribution < 1.29 is 9.18 Å². The monoisotopic (exact) mass is 523 g/mol. The Balaban J connectivity index is 1.26. The Bertz CT molecular complexity index is 1860. The Hall–Kier alpha value is -4.77. The predicted octanol–water partition coefficient (Wildman–Crippen LogP) is 3.72. The molecule has 1 aliphatic heterocycles. The summed E-state index contributed by atoms with van der Waals surface area (Å²) in [7, 11) is 0. The summed E-state index contributed by atoms with van der Waals surface area (Å²) in [5.41, 5.74) is 5.38. The average Bonchev–Trinajstić information content (AvgIpc) is 3.66. The van der Waals surface area contributed by atoms with Gasteiger partial charge in [-0.15, -0.1) is 0 Å². The van der Waals surface area contributed by atoms with Crippen molar-refractivity contribution in [2.75, 3.05) is 36.4 Å². The number of anilines is 2. The number of amides is 1. The summed E-state index contributed by atoms with van der Waals surface area (Å²) in [5.74, 6) is -0.855. The summed E-state index contributed by atoms with van der Waals surface area (Å²) in [5, 5.41) is 20.1. The maximum absolute atomic E-state index is 14.6. The highest BCUT2D eigenvalue weighted by Gasteiger charge is 2.21. The lowest BCUT2D eigenvalue weighted by atomic mass is 10.1. The van der Waals surface area contributed by atoms with Crippen LogP contribution in [0.2, 0.25) is 0 Å². The van der Waals surface area contributed by atoms with Crippen LogP contribution in [-0.2, 0) is 6.54 Å². The first kappa shape index (κ1) is 23.4. The lowest BCUT2D eigenvalue weighted by Gasteiger charge is -2.30. The average molecular weight is 524 g/mol. The third kappa shape index (κ3) is 4.26.